The van der Waals surface area contributed by atoms with E-state index in [4.69, 9.17) is 20.9 Å². The molecule has 150 valence electrons. The summed E-state index contributed by atoms with van der Waals surface area (Å²) in [6, 6.07) is 11.1. The number of carbonyl (C=O) groups is 1. The molecule has 2 heterocycles. The highest BCUT2D eigenvalue weighted by Crippen LogP contribution is 2.44. The van der Waals surface area contributed by atoms with Crippen molar-refractivity contribution in [2.45, 2.75) is 39.2 Å². The number of benzene rings is 2. The van der Waals surface area contributed by atoms with Gasteiger partial charge < -0.3 is 14.2 Å². The highest BCUT2D eigenvalue weighted by atomic mass is 35.5. The number of rotatable bonds is 5. The molecule has 0 N–H and O–H groups in total. The fraction of sp³-hybridized carbons (Fsp3) is 0.318. The van der Waals surface area contributed by atoms with Crippen LogP contribution in [0, 0.1) is 0 Å². The van der Waals surface area contributed by atoms with E-state index in [-0.39, 0.29) is 11.5 Å². The second-order valence-corrected chi connectivity index (χ2v) is 8.48. The molecule has 1 aromatic heterocycles. The lowest BCUT2D eigenvalue weighted by Gasteiger charge is -2.19. The van der Waals surface area contributed by atoms with Crippen molar-refractivity contribution in [1.82, 2.24) is 10.1 Å². The van der Waals surface area contributed by atoms with Crippen molar-refractivity contribution in [2.24, 2.45) is 0 Å². The number of aldehydes is 1. The number of carbonyl (C=O) groups excluding carboxylic acids is 1. The summed E-state index contributed by atoms with van der Waals surface area (Å²) in [7, 11) is 0. The number of hydrogen-bond acceptors (Lipinski definition) is 6. The Morgan fingerprint density at radius 1 is 1.24 bits per heavy atom. The Bertz CT molecular complexity index is 1070. The summed E-state index contributed by atoms with van der Waals surface area (Å²) in [5.41, 5.74) is 3.30. The quantitative estimate of drug-likeness (QED) is 0.522. The first-order valence-electron chi connectivity index (χ1n) is 9.46. The number of ether oxygens (including phenoxy) is 1. The van der Waals surface area contributed by atoms with E-state index in [0.29, 0.717) is 34.7 Å². The molecule has 0 saturated carbocycles. The molecule has 0 radical (unpaired) electrons. The van der Waals surface area contributed by atoms with Crippen LogP contribution in [-0.4, -0.2) is 29.1 Å². The van der Waals surface area contributed by atoms with Crippen molar-refractivity contribution >= 4 is 29.5 Å². The largest absolute Gasteiger partial charge is 0.489 e. The Hall–Kier alpha value is -2.86. The Kier molecular flexibility index (Phi) is 4.82. The number of halogens is 1. The van der Waals surface area contributed by atoms with Gasteiger partial charge in [-0.25, -0.2) is 0 Å². The van der Waals surface area contributed by atoms with Crippen LogP contribution in [0.5, 0.6) is 5.75 Å². The summed E-state index contributed by atoms with van der Waals surface area (Å²) in [5, 5.41) is 4.67. The van der Waals surface area contributed by atoms with E-state index >= 15 is 0 Å². The minimum absolute atomic E-state index is 0.0340. The molecule has 1 aliphatic rings. The average molecular weight is 412 g/mol. The van der Waals surface area contributed by atoms with Crippen LogP contribution in [0.25, 0.3) is 11.5 Å². The highest BCUT2D eigenvalue weighted by Gasteiger charge is 2.37. The number of anilines is 2. The van der Waals surface area contributed by atoms with Crippen LogP contribution in [0.2, 0.25) is 5.02 Å². The lowest BCUT2D eigenvalue weighted by molar-refractivity contribution is 0.112. The molecular formula is C22H22ClN3O3. The van der Waals surface area contributed by atoms with Crippen molar-refractivity contribution in [3.8, 4) is 17.2 Å². The number of nitrogens with zero attached hydrogens (tertiary/aromatic N) is 3. The van der Waals surface area contributed by atoms with Crippen LogP contribution >= 0.6 is 11.6 Å². The molecule has 0 bridgehead atoms. The van der Waals surface area contributed by atoms with Gasteiger partial charge in [-0.05, 0) is 61.0 Å². The summed E-state index contributed by atoms with van der Waals surface area (Å²) in [6.45, 7) is 8.85. The van der Waals surface area contributed by atoms with E-state index in [1.807, 2.05) is 36.9 Å². The third-order valence-electron chi connectivity index (χ3n) is 4.93. The zero-order valence-corrected chi connectivity index (χ0v) is 17.5. The monoisotopic (exact) mass is 411 g/mol. The predicted molar refractivity (Wildman–Crippen MR) is 112 cm³/mol. The zero-order valence-electron chi connectivity index (χ0n) is 16.8. The fourth-order valence-electron chi connectivity index (χ4n) is 3.57. The van der Waals surface area contributed by atoms with Gasteiger partial charge in [0, 0.05) is 28.8 Å². The van der Waals surface area contributed by atoms with Crippen LogP contribution in [0.15, 0.2) is 40.9 Å². The van der Waals surface area contributed by atoms with Crippen molar-refractivity contribution in [1.29, 1.82) is 0 Å². The predicted octanol–water partition coefficient (Wildman–Crippen LogP) is 5.42. The zero-order chi connectivity index (χ0) is 20.8. The molecule has 6 nitrogen and oxygen atoms in total. The molecule has 0 fully saturated rings. The van der Waals surface area contributed by atoms with Crippen LogP contribution in [0.1, 0.15) is 43.6 Å². The van der Waals surface area contributed by atoms with Gasteiger partial charge in [-0.3, -0.25) is 4.79 Å². The summed E-state index contributed by atoms with van der Waals surface area (Å²) >= 11 is 6.34. The van der Waals surface area contributed by atoms with Gasteiger partial charge in [0.2, 0.25) is 0 Å². The van der Waals surface area contributed by atoms with Gasteiger partial charge in [0.1, 0.15) is 12.0 Å². The first-order valence-corrected chi connectivity index (χ1v) is 9.84. The van der Waals surface area contributed by atoms with E-state index in [1.165, 1.54) is 0 Å². The van der Waals surface area contributed by atoms with Gasteiger partial charge in [-0.2, -0.15) is 4.98 Å². The molecule has 0 saturated heterocycles. The van der Waals surface area contributed by atoms with Crippen molar-refractivity contribution in [2.75, 3.05) is 11.4 Å². The average Bonchev–Trinajstić information content (AvgIpc) is 3.26. The minimum Gasteiger partial charge on any atom is -0.489 e. The number of aromatic nitrogens is 2. The second kappa shape index (κ2) is 7.19. The molecular weight excluding hydrogens is 390 g/mol. The number of fused-ring (bicyclic) bond motifs is 1. The topological polar surface area (TPSA) is 68.5 Å². The Labute approximate surface area is 174 Å². The summed E-state index contributed by atoms with van der Waals surface area (Å²) in [4.78, 5) is 17.8. The van der Waals surface area contributed by atoms with Crippen molar-refractivity contribution < 1.29 is 14.1 Å². The molecule has 0 spiro atoms. The molecule has 1 aliphatic heterocycles. The van der Waals surface area contributed by atoms with Crippen LogP contribution in [-0.2, 0) is 5.41 Å². The third-order valence-corrected chi connectivity index (χ3v) is 5.22. The maximum Gasteiger partial charge on any atom is 0.270 e. The van der Waals surface area contributed by atoms with Crippen molar-refractivity contribution in [3.05, 3.63) is 52.5 Å². The van der Waals surface area contributed by atoms with Gasteiger partial charge in [0.15, 0.2) is 0 Å². The summed E-state index contributed by atoms with van der Waals surface area (Å²) in [5.74, 6) is 1.48. The summed E-state index contributed by atoms with van der Waals surface area (Å²) < 4.78 is 11.2. The van der Waals surface area contributed by atoms with Crippen molar-refractivity contribution in [3.63, 3.8) is 0 Å². The maximum absolute atomic E-state index is 11.2. The van der Waals surface area contributed by atoms with Gasteiger partial charge in [0.25, 0.3) is 11.8 Å². The van der Waals surface area contributed by atoms with Crippen LogP contribution in [0.3, 0.4) is 0 Å². The molecule has 0 aliphatic carbocycles. The highest BCUT2D eigenvalue weighted by molar-refractivity contribution is 6.32. The SMILES string of the molecule is CC(C)Oc1ccc(-c2nc(N3CC(C)(C)c4cc(C=O)ccc43)no2)cc1Cl. The molecule has 0 atom stereocenters. The fourth-order valence-corrected chi connectivity index (χ4v) is 3.80. The molecule has 7 heteroatoms. The standard InChI is InChI=1S/C22H22ClN3O3/c1-13(2)28-19-8-6-15(10-17(19)23)20-24-21(25-29-20)26-12-22(3,4)16-9-14(11-27)5-7-18(16)26/h5-11,13H,12H2,1-4H3. The van der Waals surface area contributed by atoms with E-state index in [0.717, 1.165) is 23.1 Å². The first-order chi connectivity index (χ1) is 13.8. The summed E-state index contributed by atoms with van der Waals surface area (Å²) in [6.07, 6.45) is 0.897. The van der Waals surface area contributed by atoms with E-state index in [1.54, 1.807) is 18.2 Å². The van der Waals surface area contributed by atoms with E-state index in [2.05, 4.69) is 24.0 Å². The Balaban J connectivity index is 1.66. The van der Waals surface area contributed by atoms with Crippen LogP contribution < -0.4 is 9.64 Å². The van der Waals surface area contributed by atoms with Gasteiger partial charge in [-0.15, -0.1) is 0 Å². The van der Waals surface area contributed by atoms with Gasteiger partial charge in [0.05, 0.1) is 11.1 Å². The smallest absolute Gasteiger partial charge is 0.270 e. The van der Waals surface area contributed by atoms with E-state index < -0.39 is 0 Å². The number of hydrogen-bond donors (Lipinski definition) is 0. The molecule has 29 heavy (non-hydrogen) atoms. The lowest BCUT2D eigenvalue weighted by Crippen LogP contribution is -2.25. The van der Waals surface area contributed by atoms with E-state index in [9.17, 15) is 4.79 Å². The lowest BCUT2D eigenvalue weighted by atomic mass is 9.86. The maximum atomic E-state index is 11.2. The Morgan fingerprint density at radius 2 is 2.03 bits per heavy atom. The van der Waals surface area contributed by atoms with Gasteiger partial charge in [-0.1, -0.05) is 25.4 Å². The third kappa shape index (κ3) is 3.60. The molecule has 3 aromatic rings. The molecule has 0 amide bonds. The Morgan fingerprint density at radius 3 is 2.72 bits per heavy atom. The molecule has 4 rings (SSSR count). The molecule has 2 aromatic carbocycles. The van der Waals surface area contributed by atoms with Crippen LogP contribution in [0.4, 0.5) is 11.6 Å². The second-order valence-electron chi connectivity index (χ2n) is 8.08. The first kappa shape index (κ1) is 19.5. The van der Waals surface area contributed by atoms with Gasteiger partial charge >= 0.3 is 0 Å². The minimum atomic E-state index is -0.145. The normalized spacial score (nSPS) is 14.9. The molecule has 0 unspecified atom stereocenters.